The van der Waals surface area contributed by atoms with Gasteiger partial charge in [0.15, 0.2) is 0 Å². The molecule has 9 saturated carbocycles. The molecule has 11 fully saturated rings. The van der Waals surface area contributed by atoms with Crippen LogP contribution in [0.5, 0.6) is 0 Å². The fourth-order valence-corrected chi connectivity index (χ4v) is 23.5. The molecule has 0 aromatic rings. The van der Waals surface area contributed by atoms with Gasteiger partial charge in [-0.25, -0.2) is 0 Å². The van der Waals surface area contributed by atoms with Gasteiger partial charge in [0.25, 0.3) is 0 Å². The van der Waals surface area contributed by atoms with Crippen molar-refractivity contribution in [1.29, 1.82) is 0 Å². The molecule has 0 bridgehead atoms. The molecule has 310 valence electrons. The molecule has 15 atom stereocenters. The molecule has 2 saturated heterocycles. The summed E-state index contributed by atoms with van der Waals surface area (Å²) in [5.41, 5.74) is 0. The maximum Gasteiger partial charge on any atom is 0.0132 e. The second kappa shape index (κ2) is 17.2. The van der Waals surface area contributed by atoms with Gasteiger partial charge < -0.3 is 0 Å². The van der Waals surface area contributed by atoms with Gasteiger partial charge in [0.2, 0.25) is 0 Å². The van der Waals surface area contributed by atoms with Crippen molar-refractivity contribution in [3.8, 4) is 0 Å². The third-order valence-corrected chi connectivity index (χ3v) is 24.8. The predicted octanol–water partition coefficient (Wildman–Crippen LogP) is 14.8. The van der Waals surface area contributed by atoms with Crippen molar-refractivity contribution < 1.29 is 0 Å². The lowest BCUT2D eigenvalue weighted by atomic mass is 9.57. The van der Waals surface area contributed by atoms with Crippen molar-refractivity contribution in [2.24, 2.45) is 71.0 Å². The van der Waals surface area contributed by atoms with Crippen LogP contribution >= 0.6 is 23.5 Å². The van der Waals surface area contributed by atoms with E-state index in [-0.39, 0.29) is 0 Å². The van der Waals surface area contributed by atoms with Crippen LogP contribution in [0, 0.1) is 71.0 Å². The molecule has 15 unspecified atom stereocenters. The summed E-state index contributed by atoms with van der Waals surface area (Å²) in [7, 11) is 0. The minimum Gasteiger partial charge on any atom is -0.294 e. The lowest BCUT2D eigenvalue weighted by Gasteiger charge is -2.57. The topological polar surface area (TPSA) is 3.24 Å². The Morgan fingerprint density at radius 2 is 0.891 bits per heavy atom. The van der Waals surface area contributed by atoms with Gasteiger partial charge in [-0.05, 0) is 174 Å². The third kappa shape index (κ3) is 7.45. The van der Waals surface area contributed by atoms with E-state index in [4.69, 9.17) is 0 Å². The lowest BCUT2D eigenvalue weighted by molar-refractivity contribution is -0.0729. The summed E-state index contributed by atoms with van der Waals surface area (Å²) in [6.07, 6.45) is 51.9. The van der Waals surface area contributed by atoms with E-state index in [0.29, 0.717) is 0 Å². The van der Waals surface area contributed by atoms with Gasteiger partial charge in [-0.3, -0.25) is 4.90 Å². The summed E-state index contributed by atoms with van der Waals surface area (Å²) in [5.74, 6) is 12.9. The zero-order valence-corrected chi connectivity index (χ0v) is 37.2. The van der Waals surface area contributed by atoms with Crippen LogP contribution in [-0.4, -0.2) is 44.0 Å². The van der Waals surface area contributed by atoms with E-state index in [9.17, 15) is 0 Å². The van der Waals surface area contributed by atoms with Crippen molar-refractivity contribution in [3.05, 3.63) is 0 Å². The summed E-state index contributed by atoms with van der Waals surface area (Å²) in [6, 6.07) is 2.78. The smallest absolute Gasteiger partial charge is 0.0132 e. The SMILES string of the molecule is C1CCC(C2CCC(N(C3CCCC(C4CCCC5C6CCC7SC8CCCCC8C7C6SC45)C3)C3CCC(C4CCCCC4)C4CCCCC43)CC2)CC1. The summed E-state index contributed by atoms with van der Waals surface area (Å²) < 4.78 is 0. The quantitative estimate of drug-likeness (QED) is 0.264. The van der Waals surface area contributed by atoms with Crippen molar-refractivity contribution in [3.63, 3.8) is 0 Å². The van der Waals surface area contributed by atoms with Gasteiger partial charge in [-0.2, -0.15) is 23.5 Å². The second-order valence-electron chi connectivity index (χ2n) is 23.1. The van der Waals surface area contributed by atoms with Crippen molar-refractivity contribution in [2.45, 2.75) is 251 Å². The van der Waals surface area contributed by atoms with Crippen LogP contribution in [0.15, 0.2) is 0 Å². The average Bonchev–Trinajstić information content (AvgIpc) is 3.83. The number of hydrogen-bond donors (Lipinski definition) is 0. The van der Waals surface area contributed by atoms with E-state index >= 15 is 0 Å². The molecular weight excluding hydrogens is 703 g/mol. The Balaban J connectivity index is 0.836. The number of hydrogen-bond acceptors (Lipinski definition) is 3. The number of thioether (sulfide) groups is 2. The number of nitrogens with zero attached hydrogens (tertiary/aromatic N) is 1. The molecule has 0 amide bonds. The third-order valence-electron chi connectivity index (χ3n) is 20.9. The normalized spacial score (nSPS) is 51.1. The number of rotatable bonds is 6. The van der Waals surface area contributed by atoms with Gasteiger partial charge in [0, 0.05) is 39.1 Å². The second-order valence-corrected chi connectivity index (χ2v) is 26.0. The largest absolute Gasteiger partial charge is 0.294 e. The Hall–Kier alpha value is 0.660. The molecule has 11 rings (SSSR count). The van der Waals surface area contributed by atoms with E-state index in [1.807, 2.05) is 0 Å². The van der Waals surface area contributed by atoms with Crippen LogP contribution in [0.25, 0.3) is 0 Å². The van der Waals surface area contributed by atoms with E-state index in [2.05, 4.69) is 28.4 Å². The van der Waals surface area contributed by atoms with Gasteiger partial charge >= 0.3 is 0 Å². The van der Waals surface area contributed by atoms with Crippen LogP contribution < -0.4 is 0 Å². The Morgan fingerprint density at radius 1 is 0.291 bits per heavy atom. The summed E-state index contributed by atoms with van der Waals surface area (Å²) in [6.45, 7) is 0. The Bertz CT molecular complexity index is 1250. The minimum atomic E-state index is 0.918. The minimum absolute atomic E-state index is 0.918. The molecule has 3 heteroatoms. The first-order valence-corrected chi connectivity index (χ1v) is 28.3. The Labute approximate surface area is 348 Å². The molecule has 0 N–H and O–H groups in total. The molecule has 9 aliphatic carbocycles. The monoisotopic (exact) mass is 788 g/mol. The highest BCUT2D eigenvalue weighted by molar-refractivity contribution is 8.02. The fraction of sp³-hybridized carbons (Fsp3) is 1.00. The maximum atomic E-state index is 3.51. The van der Waals surface area contributed by atoms with Crippen LogP contribution in [0.1, 0.15) is 212 Å². The molecule has 55 heavy (non-hydrogen) atoms. The summed E-state index contributed by atoms with van der Waals surface area (Å²) in [5, 5.41) is 4.17. The standard InChI is InChI=1S/C52H85NS2/c1-3-13-34(14-4-1)35-25-27-38(28-26-35)53(47-31-29-40(36-15-5-2-6-16-36)42-19-7-8-20-43(42)47)39-18-11-17-37(33-39)41-22-12-23-44-45-30-32-49-50(52(45)55-51(41)44)46-21-9-10-24-48(46)54-49/h34-52H,1-33H2. The number of fused-ring (bicyclic) bond motifs is 8. The molecule has 2 aliphatic heterocycles. The first kappa shape index (κ1) is 38.6. The lowest BCUT2D eigenvalue weighted by Crippen LogP contribution is -2.58. The van der Waals surface area contributed by atoms with Crippen LogP contribution in [-0.2, 0) is 0 Å². The Kier molecular flexibility index (Phi) is 12.1. The molecular formula is C52H85NS2. The summed E-state index contributed by atoms with van der Waals surface area (Å²) in [4.78, 5) is 3.51. The molecule has 11 aliphatic rings. The fourth-order valence-electron chi connectivity index (χ4n) is 18.8. The van der Waals surface area contributed by atoms with E-state index in [1.54, 1.807) is 180 Å². The van der Waals surface area contributed by atoms with Crippen molar-refractivity contribution >= 4 is 23.5 Å². The maximum absolute atomic E-state index is 3.51. The highest BCUT2D eigenvalue weighted by Gasteiger charge is 2.60. The predicted molar refractivity (Wildman–Crippen MR) is 238 cm³/mol. The van der Waals surface area contributed by atoms with Crippen molar-refractivity contribution in [1.82, 2.24) is 4.90 Å². The Morgan fingerprint density at radius 3 is 1.71 bits per heavy atom. The molecule has 0 aromatic heterocycles. The van der Waals surface area contributed by atoms with Gasteiger partial charge in [0.1, 0.15) is 0 Å². The molecule has 1 nitrogen and oxygen atoms in total. The molecule has 2 heterocycles. The first-order valence-electron chi connectivity index (χ1n) is 26.4. The summed E-state index contributed by atoms with van der Waals surface area (Å²) >= 11 is 5.22. The zero-order chi connectivity index (χ0) is 36.3. The van der Waals surface area contributed by atoms with E-state index in [1.165, 1.54) is 32.1 Å². The van der Waals surface area contributed by atoms with Crippen molar-refractivity contribution in [2.75, 3.05) is 0 Å². The zero-order valence-electron chi connectivity index (χ0n) is 35.6. The molecule has 0 radical (unpaired) electrons. The van der Waals surface area contributed by atoms with Gasteiger partial charge in [0.05, 0.1) is 0 Å². The van der Waals surface area contributed by atoms with Crippen LogP contribution in [0.2, 0.25) is 0 Å². The highest BCUT2D eigenvalue weighted by atomic mass is 32.2. The van der Waals surface area contributed by atoms with Gasteiger partial charge in [-0.15, -0.1) is 0 Å². The van der Waals surface area contributed by atoms with Crippen LogP contribution in [0.4, 0.5) is 0 Å². The van der Waals surface area contributed by atoms with Crippen LogP contribution in [0.3, 0.4) is 0 Å². The van der Waals surface area contributed by atoms with Gasteiger partial charge in [-0.1, -0.05) is 109 Å². The van der Waals surface area contributed by atoms with E-state index in [0.717, 1.165) is 110 Å². The first-order chi connectivity index (χ1) is 27.3. The molecule has 0 spiro atoms. The van der Waals surface area contributed by atoms with E-state index < -0.39 is 0 Å². The average molecular weight is 788 g/mol. The molecule has 0 aromatic carbocycles. The highest BCUT2D eigenvalue weighted by Crippen LogP contribution is 2.66.